The third-order valence-electron chi connectivity index (χ3n) is 3.86. The minimum Gasteiger partial charge on any atom is -0.481 e. The Balaban J connectivity index is 1.67. The van der Waals surface area contributed by atoms with Crippen molar-refractivity contribution in [2.75, 3.05) is 19.3 Å². The van der Waals surface area contributed by atoms with Crippen molar-refractivity contribution in [3.8, 4) is 0 Å². The molecule has 2 saturated carbocycles. The van der Waals surface area contributed by atoms with E-state index in [0.717, 1.165) is 30.1 Å². The summed E-state index contributed by atoms with van der Waals surface area (Å²) < 4.78 is 2.13. The van der Waals surface area contributed by atoms with Crippen LogP contribution in [0.4, 0.5) is 0 Å². The molecule has 110 valence electrons. The summed E-state index contributed by atoms with van der Waals surface area (Å²) in [5, 5.41) is 18.0. The van der Waals surface area contributed by atoms with E-state index in [1.54, 1.807) is 0 Å². The number of likely N-dealkylation sites (N-methyl/N-ethyl adjacent to an activating group) is 1. The van der Waals surface area contributed by atoms with Gasteiger partial charge in [0.1, 0.15) is 5.82 Å². The Hall–Kier alpha value is -1.08. The fourth-order valence-electron chi connectivity index (χ4n) is 2.34. The highest BCUT2D eigenvalue weighted by Crippen LogP contribution is 2.40. The first-order valence-corrected chi connectivity index (χ1v) is 8.11. The normalized spacial score (nSPS) is 18.7. The Morgan fingerprint density at radius 1 is 1.40 bits per heavy atom. The third-order valence-corrected chi connectivity index (χ3v) is 4.81. The van der Waals surface area contributed by atoms with E-state index in [-0.39, 0.29) is 5.75 Å². The maximum absolute atomic E-state index is 10.7. The van der Waals surface area contributed by atoms with Crippen LogP contribution in [-0.4, -0.2) is 56.1 Å². The van der Waals surface area contributed by atoms with Crippen LogP contribution in [0.25, 0.3) is 0 Å². The first kappa shape index (κ1) is 13.9. The van der Waals surface area contributed by atoms with Gasteiger partial charge in [-0.3, -0.25) is 4.79 Å². The highest BCUT2D eigenvalue weighted by atomic mass is 32.2. The van der Waals surface area contributed by atoms with E-state index < -0.39 is 5.97 Å². The van der Waals surface area contributed by atoms with Gasteiger partial charge in [0.05, 0.1) is 5.75 Å². The minimum atomic E-state index is -0.812. The molecular weight excluding hydrogens is 276 g/mol. The molecule has 3 rings (SSSR count). The van der Waals surface area contributed by atoms with Crippen LogP contribution in [0.15, 0.2) is 5.16 Å². The van der Waals surface area contributed by atoms with Crippen molar-refractivity contribution in [3.05, 3.63) is 5.82 Å². The lowest BCUT2D eigenvalue weighted by atomic mass is 10.4. The monoisotopic (exact) mass is 296 g/mol. The van der Waals surface area contributed by atoms with Gasteiger partial charge in [0.15, 0.2) is 5.16 Å². The van der Waals surface area contributed by atoms with Gasteiger partial charge in [-0.1, -0.05) is 11.8 Å². The number of carboxylic acids is 1. The summed E-state index contributed by atoms with van der Waals surface area (Å²) in [4.78, 5) is 13.1. The molecule has 7 heteroatoms. The molecule has 2 fully saturated rings. The molecular formula is C13H20N4O2S. The SMILES string of the molecule is CN(CCn1c(SCC(=O)O)nnc1C1CC1)C1CC1. The lowest BCUT2D eigenvalue weighted by Gasteiger charge is -2.17. The van der Waals surface area contributed by atoms with Crippen LogP contribution < -0.4 is 0 Å². The van der Waals surface area contributed by atoms with Crippen molar-refractivity contribution in [2.24, 2.45) is 0 Å². The number of thioether (sulfide) groups is 1. The van der Waals surface area contributed by atoms with Crippen LogP contribution in [0.2, 0.25) is 0 Å². The summed E-state index contributed by atoms with van der Waals surface area (Å²) >= 11 is 1.27. The molecule has 2 aliphatic carbocycles. The van der Waals surface area contributed by atoms with E-state index >= 15 is 0 Å². The van der Waals surface area contributed by atoms with E-state index in [2.05, 4.69) is 26.7 Å². The fourth-order valence-corrected chi connectivity index (χ4v) is 3.03. The van der Waals surface area contributed by atoms with Crippen LogP contribution in [0.5, 0.6) is 0 Å². The largest absolute Gasteiger partial charge is 0.481 e. The minimum absolute atomic E-state index is 0.0429. The molecule has 1 aromatic heterocycles. The van der Waals surface area contributed by atoms with Crippen molar-refractivity contribution in [1.82, 2.24) is 19.7 Å². The van der Waals surface area contributed by atoms with E-state index in [4.69, 9.17) is 5.11 Å². The summed E-state index contributed by atoms with van der Waals surface area (Å²) in [6.07, 6.45) is 4.96. The maximum atomic E-state index is 10.7. The molecule has 0 amide bonds. The number of nitrogens with zero attached hydrogens (tertiary/aromatic N) is 4. The zero-order valence-corrected chi connectivity index (χ0v) is 12.5. The van der Waals surface area contributed by atoms with Gasteiger partial charge in [-0.25, -0.2) is 0 Å². The summed E-state index contributed by atoms with van der Waals surface area (Å²) in [7, 11) is 2.16. The summed E-state index contributed by atoms with van der Waals surface area (Å²) in [6.45, 7) is 1.83. The Morgan fingerprint density at radius 2 is 2.15 bits per heavy atom. The zero-order chi connectivity index (χ0) is 14.1. The van der Waals surface area contributed by atoms with E-state index in [1.165, 1.54) is 37.4 Å². The van der Waals surface area contributed by atoms with Gasteiger partial charge < -0.3 is 14.6 Å². The van der Waals surface area contributed by atoms with Gasteiger partial charge in [0.25, 0.3) is 0 Å². The molecule has 6 nitrogen and oxygen atoms in total. The van der Waals surface area contributed by atoms with Gasteiger partial charge >= 0.3 is 5.97 Å². The second kappa shape index (κ2) is 5.73. The molecule has 0 aliphatic heterocycles. The van der Waals surface area contributed by atoms with Crippen LogP contribution >= 0.6 is 11.8 Å². The van der Waals surface area contributed by atoms with Crippen LogP contribution in [0.1, 0.15) is 37.4 Å². The molecule has 2 aliphatic rings. The fraction of sp³-hybridized carbons (Fsp3) is 0.769. The zero-order valence-electron chi connectivity index (χ0n) is 11.7. The molecule has 0 atom stereocenters. The molecule has 0 aromatic carbocycles. The Bertz CT molecular complexity index is 497. The number of rotatable bonds is 8. The second-order valence-electron chi connectivity index (χ2n) is 5.66. The van der Waals surface area contributed by atoms with Gasteiger partial charge in [0, 0.05) is 25.0 Å². The lowest BCUT2D eigenvalue weighted by Crippen LogP contribution is -2.26. The van der Waals surface area contributed by atoms with Gasteiger partial charge in [0.2, 0.25) is 0 Å². The molecule has 1 aromatic rings. The molecule has 0 saturated heterocycles. The lowest BCUT2D eigenvalue weighted by molar-refractivity contribution is -0.133. The predicted molar refractivity (Wildman–Crippen MR) is 76.0 cm³/mol. The molecule has 0 spiro atoms. The second-order valence-corrected chi connectivity index (χ2v) is 6.60. The van der Waals surface area contributed by atoms with Crippen molar-refractivity contribution in [2.45, 2.75) is 49.3 Å². The molecule has 0 bridgehead atoms. The summed E-state index contributed by atoms with van der Waals surface area (Å²) in [5.74, 6) is 0.809. The first-order chi connectivity index (χ1) is 9.65. The van der Waals surface area contributed by atoms with Crippen molar-refractivity contribution >= 4 is 17.7 Å². The average molecular weight is 296 g/mol. The van der Waals surface area contributed by atoms with Gasteiger partial charge in [-0.2, -0.15) is 0 Å². The van der Waals surface area contributed by atoms with Crippen LogP contribution in [0, 0.1) is 0 Å². The van der Waals surface area contributed by atoms with E-state index in [0.29, 0.717) is 5.92 Å². The molecule has 1 N–H and O–H groups in total. The van der Waals surface area contributed by atoms with Crippen LogP contribution in [0.3, 0.4) is 0 Å². The number of hydrogen-bond acceptors (Lipinski definition) is 5. The van der Waals surface area contributed by atoms with Crippen molar-refractivity contribution in [1.29, 1.82) is 0 Å². The Labute approximate surface area is 122 Å². The van der Waals surface area contributed by atoms with E-state index in [1.807, 2.05) is 0 Å². The summed E-state index contributed by atoms with van der Waals surface area (Å²) in [6, 6.07) is 0.742. The topological polar surface area (TPSA) is 71.2 Å². The first-order valence-electron chi connectivity index (χ1n) is 7.13. The Kier molecular flexibility index (Phi) is 3.98. The number of aliphatic carboxylic acids is 1. The van der Waals surface area contributed by atoms with Crippen molar-refractivity contribution < 1.29 is 9.90 Å². The third kappa shape index (κ3) is 3.32. The number of hydrogen-bond donors (Lipinski definition) is 1. The molecule has 20 heavy (non-hydrogen) atoms. The van der Waals surface area contributed by atoms with Crippen LogP contribution in [-0.2, 0) is 11.3 Å². The van der Waals surface area contributed by atoms with E-state index in [9.17, 15) is 4.79 Å². The number of aromatic nitrogens is 3. The standard InChI is InChI=1S/C13H20N4O2S/c1-16(10-4-5-10)6-7-17-12(9-2-3-9)14-15-13(17)20-8-11(18)19/h9-10H,2-8H2,1H3,(H,18,19). The summed E-state index contributed by atoms with van der Waals surface area (Å²) in [5.41, 5.74) is 0. The average Bonchev–Trinajstić information content (AvgIpc) is 3.30. The molecule has 1 heterocycles. The Morgan fingerprint density at radius 3 is 2.75 bits per heavy atom. The van der Waals surface area contributed by atoms with Gasteiger partial charge in [-0.05, 0) is 32.7 Å². The smallest absolute Gasteiger partial charge is 0.313 e. The molecule has 0 unspecified atom stereocenters. The van der Waals surface area contributed by atoms with Crippen molar-refractivity contribution in [3.63, 3.8) is 0 Å². The van der Waals surface area contributed by atoms with Gasteiger partial charge in [-0.15, -0.1) is 10.2 Å². The highest BCUT2D eigenvalue weighted by Gasteiger charge is 2.31. The maximum Gasteiger partial charge on any atom is 0.313 e. The predicted octanol–water partition coefficient (Wildman–Crippen LogP) is 1.43. The molecule has 0 radical (unpaired) electrons. The number of carboxylic acid groups (broad SMARTS) is 1. The quantitative estimate of drug-likeness (QED) is 0.732. The highest BCUT2D eigenvalue weighted by molar-refractivity contribution is 7.99. The number of carbonyl (C=O) groups is 1.